The van der Waals surface area contributed by atoms with Gasteiger partial charge in [0.25, 0.3) is 6.43 Å². The molecule has 0 atom stereocenters. The highest BCUT2D eigenvalue weighted by Gasteiger charge is 2.26. The number of carbonyl (C=O) groups is 1. The van der Waals surface area contributed by atoms with Crippen LogP contribution < -0.4 is 0 Å². The lowest BCUT2D eigenvalue weighted by Gasteiger charge is -2.06. The van der Waals surface area contributed by atoms with Gasteiger partial charge in [0.2, 0.25) is 0 Å². The Morgan fingerprint density at radius 2 is 2.00 bits per heavy atom. The van der Waals surface area contributed by atoms with Gasteiger partial charge in [0.1, 0.15) is 5.69 Å². The van der Waals surface area contributed by atoms with E-state index in [9.17, 15) is 13.6 Å². The summed E-state index contributed by atoms with van der Waals surface area (Å²) in [6.07, 6.45) is -2.94. The molecule has 0 amide bonds. The second-order valence-corrected chi connectivity index (χ2v) is 4.07. The Morgan fingerprint density at radius 3 is 2.53 bits per heavy atom. The summed E-state index contributed by atoms with van der Waals surface area (Å²) in [6, 6.07) is 7.22. The summed E-state index contributed by atoms with van der Waals surface area (Å²) < 4.78 is 26.7. The highest BCUT2D eigenvalue weighted by atomic mass is 19.3. The molecule has 0 saturated heterocycles. The van der Waals surface area contributed by atoms with Crippen LogP contribution in [0.4, 0.5) is 8.78 Å². The van der Waals surface area contributed by atoms with Crippen LogP contribution in [0.2, 0.25) is 0 Å². The highest BCUT2D eigenvalue weighted by molar-refractivity contribution is 5.86. The molecule has 1 N–H and O–H groups in total. The zero-order valence-corrected chi connectivity index (χ0v) is 10.0. The van der Waals surface area contributed by atoms with Crippen molar-refractivity contribution < 1.29 is 18.7 Å². The van der Waals surface area contributed by atoms with Crippen molar-refractivity contribution in [2.45, 2.75) is 19.9 Å². The highest BCUT2D eigenvalue weighted by Crippen LogP contribution is 2.22. The van der Waals surface area contributed by atoms with Gasteiger partial charge in [0.05, 0.1) is 6.54 Å². The minimum atomic E-state index is -2.94. The summed E-state index contributed by atoms with van der Waals surface area (Å²) in [6.45, 7) is 1.96. The second kappa shape index (κ2) is 5.13. The first kappa shape index (κ1) is 13.1. The quantitative estimate of drug-likeness (QED) is 0.922. The Bertz CT molecular complexity index is 594. The number of aryl methyl sites for hydroxylation is 1. The van der Waals surface area contributed by atoms with Gasteiger partial charge in [-0.15, -0.1) is 5.10 Å². The Labute approximate surface area is 107 Å². The largest absolute Gasteiger partial charge is 0.476 e. The minimum Gasteiger partial charge on any atom is -0.476 e. The fourth-order valence-electron chi connectivity index (χ4n) is 1.67. The van der Waals surface area contributed by atoms with Crippen molar-refractivity contribution in [1.82, 2.24) is 15.0 Å². The smallest absolute Gasteiger partial charge is 0.358 e. The molecule has 0 fully saturated rings. The zero-order chi connectivity index (χ0) is 14.0. The van der Waals surface area contributed by atoms with Crippen molar-refractivity contribution in [3.8, 4) is 0 Å². The number of aromatic carboxylic acids is 1. The van der Waals surface area contributed by atoms with Crippen LogP contribution in [0.15, 0.2) is 24.3 Å². The fourth-order valence-corrected chi connectivity index (χ4v) is 1.67. The molecule has 0 bridgehead atoms. The van der Waals surface area contributed by atoms with E-state index in [1.807, 2.05) is 19.1 Å². The van der Waals surface area contributed by atoms with Gasteiger partial charge < -0.3 is 5.11 Å². The molecule has 0 saturated carbocycles. The van der Waals surface area contributed by atoms with Gasteiger partial charge in [-0.1, -0.05) is 35.0 Å². The Morgan fingerprint density at radius 1 is 1.37 bits per heavy atom. The number of benzene rings is 1. The maximum Gasteiger partial charge on any atom is 0.358 e. The average molecular weight is 267 g/mol. The molecule has 100 valence electrons. The van der Waals surface area contributed by atoms with Gasteiger partial charge in [-0.25, -0.2) is 18.3 Å². The maximum absolute atomic E-state index is 12.9. The summed E-state index contributed by atoms with van der Waals surface area (Å²) in [4.78, 5) is 10.8. The first-order valence-corrected chi connectivity index (χ1v) is 5.49. The fraction of sp³-hybridized carbons (Fsp3) is 0.250. The van der Waals surface area contributed by atoms with Crippen LogP contribution in [0.3, 0.4) is 0 Å². The van der Waals surface area contributed by atoms with Gasteiger partial charge >= 0.3 is 5.97 Å². The van der Waals surface area contributed by atoms with Crippen LogP contribution >= 0.6 is 0 Å². The van der Waals surface area contributed by atoms with E-state index in [0.29, 0.717) is 0 Å². The van der Waals surface area contributed by atoms with E-state index in [1.54, 1.807) is 12.1 Å². The van der Waals surface area contributed by atoms with Crippen molar-refractivity contribution in [3.05, 3.63) is 46.8 Å². The topological polar surface area (TPSA) is 68.0 Å². The summed E-state index contributed by atoms with van der Waals surface area (Å²) >= 11 is 0. The van der Waals surface area contributed by atoms with Gasteiger partial charge in [0, 0.05) is 0 Å². The molecule has 7 heteroatoms. The third-order valence-electron chi connectivity index (χ3n) is 2.64. The molecule has 0 radical (unpaired) electrons. The number of hydrogen-bond donors (Lipinski definition) is 1. The number of alkyl halides is 2. The number of hydrogen-bond acceptors (Lipinski definition) is 3. The number of carboxylic acids is 1. The molecule has 1 heterocycles. The van der Waals surface area contributed by atoms with Crippen molar-refractivity contribution in [1.29, 1.82) is 0 Å². The summed E-state index contributed by atoms with van der Waals surface area (Å²) in [5.41, 5.74) is 0.409. The van der Waals surface area contributed by atoms with E-state index in [-0.39, 0.29) is 6.54 Å². The molecule has 0 spiro atoms. The van der Waals surface area contributed by atoms with E-state index in [4.69, 9.17) is 5.11 Å². The normalized spacial score (nSPS) is 10.9. The molecule has 1 aromatic carbocycles. The number of rotatable bonds is 4. The Kier molecular flexibility index (Phi) is 3.55. The molecule has 0 aliphatic rings. The summed E-state index contributed by atoms with van der Waals surface area (Å²) in [7, 11) is 0. The van der Waals surface area contributed by atoms with Gasteiger partial charge in [-0.2, -0.15) is 0 Å². The summed E-state index contributed by atoms with van der Waals surface area (Å²) in [5.74, 6) is -1.51. The molecule has 5 nitrogen and oxygen atoms in total. The predicted molar refractivity (Wildman–Crippen MR) is 62.2 cm³/mol. The van der Waals surface area contributed by atoms with Crippen LogP contribution in [-0.4, -0.2) is 26.1 Å². The van der Waals surface area contributed by atoms with Crippen LogP contribution in [0.5, 0.6) is 0 Å². The molecular weight excluding hydrogens is 256 g/mol. The molecular formula is C12H11F2N3O2. The van der Waals surface area contributed by atoms with E-state index in [2.05, 4.69) is 10.3 Å². The van der Waals surface area contributed by atoms with E-state index < -0.39 is 23.8 Å². The second-order valence-electron chi connectivity index (χ2n) is 4.07. The van der Waals surface area contributed by atoms with Crippen molar-refractivity contribution in [2.24, 2.45) is 0 Å². The molecule has 0 aliphatic carbocycles. The van der Waals surface area contributed by atoms with Crippen LogP contribution in [0.25, 0.3) is 0 Å². The van der Waals surface area contributed by atoms with Gasteiger partial charge in [0.15, 0.2) is 5.69 Å². The van der Waals surface area contributed by atoms with E-state index >= 15 is 0 Å². The lowest BCUT2D eigenvalue weighted by atomic mass is 10.1. The van der Waals surface area contributed by atoms with Crippen molar-refractivity contribution in [3.63, 3.8) is 0 Å². The SMILES string of the molecule is Cc1ccc(Cn2nnc(C(=O)O)c2C(F)F)cc1. The van der Waals surface area contributed by atoms with Gasteiger partial charge in [-0.3, -0.25) is 0 Å². The number of halogens is 2. The van der Waals surface area contributed by atoms with Crippen LogP contribution in [0, 0.1) is 6.92 Å². The molecule has 0 unspecified atom stereocenters. The number of carboxylic acid groups (broad SMARTS) is 1. The first-order chi connectivity index (χ1) is 8.99. The van der Waals surface area contributed by atoms with Crippen molar-refractivity contribution >= 4 is 5.97 Å². The number of nitrogens with zero attached hydrogens (tertiary/aromatic N) is 3. The first-order valence-electron chi connectivity index (χ1n) is 5.49. The minimum absolute atomic E-state index is 0.0558. The lowest BCUT2D eigenvalue weighted by molar-refractivity contribution is 0.0675. The lowest BCUT2D eigenvalue weighted by Crippen LogP contribution is -2.09. The molecule has 1 aromatic heterocycles. The third kappa shape index (κ3) is 2.75. The predicted octanol–water partition coefficient (Wildman–Crippen LogP) is 2.27. The summed E-state index contributed by atoms with van der Waals surface area (Å²) in [5, 5.41) is 15.5. The maximum atomic E-state index is 12.9. The van der Waals surface area contributed by atoms with Gasteiger partial charge in [-0.05, 0) is 12.5 Å². The standard InChI is InChI=1S/C12H11F2N3O2/c1-7-2-4-8(5-3-7)6-17-10(11(13)14)9(12(18)19)15-16-17/h2-5,11H,6H2,1H3,(H,18,19). The molecule has 2 aromatic rings. The van der Waals surface area contributed by atoms with E-state index in [0.717, 1.165) is 15.8 Å². The van der Waals surface area contributed by atoms with Crippen molar-refractivity contribution in [2.75, 3.05) is 0 Å². The average Bonchev–Trinajstić information content (AvgIpc) is 2.76. The monoisotopic (exact) mass is 267 g/mol. The molecule has 19 heavy (non-hydrogen) atoms. The Balaban J connectivity index is 2.35. The Hall–Kier alpha value is -2.31. The van der Waals surface area contributed by atoms with E-state index in [1.165, 1.54) is 0 Å². The third-order valence-corrected chi connectivity index (χ3v) is 2.64. The van der Waals surface area contributed by atoms with Crippen LogP contribution in [-0.2, 0) is 6.54 Å². The van der Waals surface area contributed by atoms with Crippen LogP contribution in [0.1, 0.15) is 33.7 Å². The molecule has 0 aliphatic heterocycles. The molecule has 2 rings (SSSR count). The number of aromatic nitrogens is 3. The zero-order valence-electron chi connectivity index (χ0n) is 10.0.